The third-order valence-corrected chi connectivity index (χ3v) is 5.52. The molecule has 8 heteroatoms. The summed E-state index contributed by atoms with van der Waals surface area (Å²) >= 11 is 1.29. The van der Waals surface area contributed by atoms with Gasteiger partial charge in [-0.2, -0.15) is 0 Å². The molecule has 2 aromatic rings. The molecule has 1 aliphatic carbocycles. The maximum Gasteiger partial charge on any atom is 0.326 e. The highest BCUT2D eigenvalue weighted by Crippen LogP contribution is 2.29. The van der Waals surface area contributed by atoms with Crippen molar-refractivity contribution in [3.63, 3.8) is 0 Å². The van der Waals surface area contributed by atoms with Crippen molar-refractivity contribution in [2.45, 2.75) is 37.6 Å². The van der Waals surface area contributed by atoms with Gasteiger partial charge in [-0.3, -0.25) is 14.9 Å². The van der Waals surface area contributed by atoms with Gasteiger partial charge in [-0.25, -0.2) is 9.37 Å². The third kappa shape index (κ3) is 4.70. The minimum atomic E-state index is -0.785. The number of amides is 1. The number of hydrogen-bond acceptors (Lipinski definition) is 6. The Morgan fingerprint density at radius 1 is 1.22 bits per heavy atom. The number of nitrogens with zero attached hydrogens (tertiary/aromatic N) is 1. The Bertz CT molecular complexity index is 801. The second kappa shape index (κ2) is 8.58. The fourth-order valence-corrected chi connectivity index (χ4v) is 4.04. The first kappa shape index (κ1) is 19.4. The molecule has 0 unspecified atom stereocenters. The fourth-order valence-electron chi connectivity index (χ4n) is 3.30. The minimum absolute atomic E-state index is 0.000557. The van der Waals surface area contributed by atoms with Crippen LogP contribution < -0.4 is 10.6 Å². The van der Waals surface area contributed by atoms with Gasteiger partial charge >= 0.3 is 5.97 Å². The number of esters is 1. The van der Waals surface area contributed by atoms with Crippen molar-refractivity contribution in [2.24, 2.45) is 0 Å². The molecule has 27 heavy (non-hydrogen) atoms. The van der Waals surface area contributed by atoms with Gasteiger partial charge in [-0.15, -0.1) is 11.3 Å². The number of ether oxygens (including phenoxy) is 1. The van der Waals surface area contributed by atoms with Crippen molar-refractivity contribution in [1.29, 1.82) is 0 Å². The lowest BCUT2D eigenvalue weighted by atomic mass is 9.81. The number of benzene rings is 1. The number of halogens is 1. The van der Waals surface area contributed by atoms with Gasteiger partial charge in [-0.1, -0.05) is 19.3 Å². The van der Waals surface area contributed by atoms with Gasteiger partial charge in [0, 0.05) is 10.9 Å². The molecule has 0 spiro atoms. The molecule has 1 aliphatic rings. The van der Waals surface area contributed by atoms with Crippen LogP contribution in [0, 0.1) is 5.82 Å². The average molecular weight is 391 g/mol. The van der Waals surface area contributed by atoms with Crippen molar-refractivity contribution in [1.82, 2.24) is 10.3 Å². The molecule has 1 aromatic heterocycles. The van der Waals surface area contributed by atoms with Gasteiger partial charge in [0.15, 0.2) is 5.13 Å². The van der Waals surface area contributed by atoms with Crippen molar-refractivity contribution < 1.29 is 18.7 Å². The third-order valence-electron chi connectivity index (χ3n) is 4.76. The summed E-state index contributed by atoms with van der Waals surface area (Å²) in [5.41, 5.74) is 0.659. The number of aromatic nitrogens is 1. The zero-order valence-corrected chi connectivity index (χ0v) is 15.9. The Morgan fingerprint density at radius 2 is 1.93 bits per heavy atom. The Hall–Kier alpha value is -2.32. The second-order valence-corrected chi connectivity index (χ2v) is 7.44. The molecule has 1 saturated carbocycles. The van der Waals surface area contributed by atoms with Crippen LogP contribution in [-0.2, 0) is 14.3 Å². The van der Waals surface area contributed by atoms with Crippen molar-refractivity contribution in [3.8, 4) is 11.3 Å². The molecule has 1 fully saturated rings. The lowest BCUT2D eigenvalue weighted by Crippen LogP contribution is -2.55. The second-order valence-electron chi connectivity index (χ2n) is 6.58. The number of rotatable bonds is 6. The highest BCUT2D eigenvalue weighted by atomic mass is 32.1. The summed E-state index contributed by atoms with van der Waals surface area (Å²) in [6, 6.07) is 6.02. The van der Waals surface area contributed by atoms with Crippen LogP contribution in [0.25, 0.3) is 11.3 Å². The quantitative estimate of drug-likeness (QED) is 0.738. The summed E-state index contributed by atoms with van der Waals surface area (Å²) in [4.78, 5) is 28.8. The lowest BCUT2D eigenvalue weighted by molar-refractivity contribution is -0.150. The van der Waals surface area contributed by atoms with Crippen LogP contribution >= 0.6 is 11.3 Å². The average Bonchev–Trinajstić information content (AvgIpc) is 3.15. The maximum atomic E-state index is 13.0. The van der Waals surface area contributed by atoms with E-state index in [0.29, 0.717) is 23.7 Å². The number of carbonyl (C=O) groups excluding carboxylic acids is 2. The Balaban J connectivity index is 1.59. The van der Waals surface area contributed by atoms with Crippen LogP contribution in [0.3, 0.4) is 0 Å². The van der Waals surface area contributed by atoms with E-state index in [1.165, 1.54) is 30.6 Å². The van der Waals surface area contributed by atoms with Gasteiger partial charge in [0.05, 0.1) is 19.3 Å². The van der Waals surface area contributed by atoms with Crippen molar-refractivity contribution in [2.75, 3.05) is 19.0 Å². The first-order valence-corrected chi connectivity index (χ1v) is 9.75. The Labute approximate surface area is 161 Å². The maximum absolute atomic E-state index is 13.0. The summed E-state index contributed by atoms with van der Waals surface area (Å²) in [5.74, 6) is -0.900. The summed E-state index contributed by atoms with van der Waals surface area (Å²) in [7, 11) is 1.37. The first-order valence-electron chi connectivity index (χ1n) is 8.87. The number of anilines is 1. The van der Waals surface area contributed by atoms with Crippen LogP contribution in [0.2, 0.25) is 0 Å². The van der Waals surface area contributed by atoms with E-state index in [2.05, 4.69) is 15.6 Å². The zero-order valence-electron chi connectivity index (χ0n) is 15.1. The molecule has 2 N–H and O–H groups in total. The van der Waals surface area contributed by atoms with E-state index in [9.17, 15) is 14.0 Å². The number of carbonyl (C=O) groups is 2. The largest absolute Gasteiger partial charge is 0.468 e. The highest BCUT2D eigenvalue weighted by molar-refractivity contribution is 7.14. The van der Waals surface area contributed by atoms with Crippen LogP contribution in [-0.4, -0.2) is 36.1 Å². The topological polar surface area (TPSA) is 80.3 Å². The first-order chi connectivity index (χ1) is 13.0. The summed E-state index contributed by atoms with van der Waals surface area (Å²) in [6.45, 7) is 0.000557. The molecule has 1 amide bonds. The van der Waals surface area contributed by atoms with Crippen molar-refractivity contribution in [3.05, 3.63) is 35.5 Å². The monoisotopic (exact) mass is 391 g/mol. The molecule has 0 aliphatic heterocycles. The predicted molar refractivity (Wildman–Crippen MR) is 102 cm³/mol. The van der Waals surface area contributed by atoms with E-state index in [0.717, 1.165) is 24.8 Å². The van der Waals surface area contributed by atoms with E-state index < -0.39 is 5.54 Å². The highest BCUT2D eigenvalue weighted by Gasteiger charge is 2.40. The normalized spacial score (nSPS) is 15.9. The van der Waals surface area contributed by atoms with E-state index in [4.69, 9.17) is 4.74 Å². The van der Waals surface area contributed by atoms with Gasteiger partial charge in [0.25, 0.3) is 0 Å². The van der Waals surface area contributed by atoms with Gasteiger partial charge in [0.2, 0.25) is 5.91 Å². The van der Waals surface area contributed by atoms with E-state index in [1.54, 1.807) is 17.5 Å². The molecular weight excluding hydrogens is 369 g/mol. The minimum Gasteiger partial charge on any atom is -0.468 e. The summed E-state index contributed by atoms with van der Waals surface area (Å²) < 4.78 is 18.0. The Kier molecular flexibility index (Phi) is 6.18. The molecular formula is C19H22FN3O3S. The van der Waals surface area contributed by atoms with E-state index in [1.807, 2.05) is 0 Å². The molecule has 1 aromatic carbocycles. The fraction of sp³-hybridized carbons (Fsp3) is 0.421. The van der Waals surface area contributed by atoms with Crippen molar-refractivity contribution >= 4 is 28.3 Å². The molecule has 1 heterocycles. The van der Waals surface area contributed by atoms with Crippen LogP contribution in [0.15, 0.2) is 29.6 Å². The van der Waals surface area contributed by atoms with Crippen LogP contribution in [0.5, 0.6) is 0 Å². The predicted octanol–water partition coefficient (Wildman–Crippen LogP) is 3.35. The zero-order chi connectivity index (χ0) is 19.3. The Morgan fingerprint density at radius 3 is 2.59 bits per heavy atom. The molecule has 0 bridgehead atoms. The smallest absolute Gasteiger partial charge is 0.326 e. The molecule has 0 saturated heterocycles. The summed E-state index contributed by atoms with van der Waals surface area (Å²) in [6.07, 6.45) is 4.27. The molecule has 144 valence electrons. The molecule has 0 atom stereocenters. The SMILES string of the molecule is COC(=O)C1(NCC(=O)Nc2nc(-c3ccc(F)cc3)cs2)CCCCC1. The number of hydrogen-bond donors (Lipinski definition) is 2. The molecule has 0 radical (unpaired) electrons. The molecule has 3 rings (SSSR count). The van der Waals surface area contributed by atoms with Gasteiger partial charge in [-0.05, 0) is 37.1 Å². The standard InChI is InChI=1S/C19H22FN3O3S/c1-26-17(25)19(9-3-2-4-10-19)21-11-16(24)23-18-22-15(12-27-18)13-5-7-14(20)8-6-13/h5-8,12,21H,2-4,9-11H2,1H3,(H,22,23,24). The van der Waals surface area contributed by atoms with E-state index in [-0.39, 0.29) is 24.2 Å². The lowest BCUT2D eigenvalue weighted by Gasteiger charge is -2.35. The number of thiazole rings is 1. The number of methoxy groups -OCH3 is 1. The number of nitrogens with one attached hydrogen (secondary N) is 2. The van der Waals surface area contributed by atoms with Crippen LogP contribution in [0.4, 0.5) is 9.52 Å². The molecule has 6 nitrogen and oxygen atoms in total. The summed E-state index contributed by atoms with van der Waals surface area (Å²) in [5, 5.41) is 8.09. The van der Waals surface area contributed by atoms with Gasteiger partial charge in [0.1, 0.15) is 11.4 Å². The van der Waals surface area contributed by atoms with E-state index >= 15 is 0 Å². The van der Waals surface area contributed by atoms with Crippen LogP contribution in [0.1, 0.15) is 32.1 Å². The van der Waals surface area contributed by atoms with Gasteiger partial charge < -0.3 is 10.1 Å².